The molecule has 1 heterocycles. The SMILES string of the molecule is CCn1ccnc1C(O)CBr. The Morgan fingerprint density at radius 1 is 1.82 bits per heavy atom. The molecule has 0 aliphatic carbocycles. The van der Waals surface area contributed by atoms with Crippen molar-refractivity contribution >= 4 is 15.9 Å². The maximum Gasteiger partial charge on any atom is 0.138 e. The maximum atomic E-state index is 9.40. The van der Waals surface area contributed by atoms with E-state index in [0.29, 0.717) is 5.33 Å². The molecule has 0 aliphatic heterocycles. The van der Waals surface area contributed by atoms with E-state index in [1.165, 1.54) is 0 Å². The number of halogens is 1. The normalized spacial score (nSPS) is 13.4. The van der Waals surface area contributed by atoms with Gasteiger partial charge >= 0.3 is 0 Å². The molecule has 0 radical (unpaired) electrons. The van der Waals surface area contributed by atoms with Crippen molar-refractivity contribution < 1.29 is 5.11 Å². The fraction of sp³-hybridized carbons (Fsp3) is 0.571. The van der Waals surface area contributed by atoms with E-state index in [9.17, 15) is 5.11 Å². The Kier molecular flexibility index (Phi) is 3.08. The van der Waals surface area contributed by atoms with Crippen molar-refractivity contribution in [3.8, 4) is 0 Å². The smallest absolute Gasteiger partial charge is 0.138 e. The molecule has 0 bridgehead atoms. The van der Waals surface area contributed by atoms with Crippen LogP contribution in [0.4, 0.5) is 0 Å². The van der Waals surface area contributed by atoms with Gasteiger partial charge in [-0.3, -0.25) is 0 Å². The lowest BCUT2D eigenvalue weighted by atomic mass is 10.4. The number of nitrogens with zero attached hydrogens (tertiary/aromatic N) is 2. The van der Waals surface area contributed by atoms with Gasteiger partial charge in [0.2, 0.25) is 0 Å². The first kappa shape index (κ1) is 8.74. The van der Waals surface area contributed by atoms with Crippen LogP contribution in [0.3, 0.4) is 0 Å². The third-order valence-corrected chi connectivity index (χ3v) is 2.15. The maximum absolute atomic E-state index is 9.40. The van der Waals surface area contributed by atoms with Gasteiger partial charge in [0.05, 0.1) is 0 Å². The van der Waals surface area contributed by atoms with E-state index in [2.05, 4.69) is 20.9 Å². The van der Waals surface area contributed by atoms with Gasteiger partial charge in [-0.15, -0.1) is 0 Å². The molecule has 0 fully saturated rings. The van der Waals surface area contributed by atoms with Crippen LogP contribution in [0.15, 0.2) is 12.4 Å². The van der Waals surface area contributed by atoms with Crippen LogP contribution in [0.25, 0.3) is 0 Å². The van der Waals surface area contributed by atoms with Crippen LogP contribution in [0, 0.1) is 0 Å². The number of aryl methyl sites for hydroxylation is 1. The first-order valence-corrected chi connectivity index (χ1v) is 4.66. The highest BCUT2D eigenvalue weighted by molar-refractivity contribution is 9.09. The Hall–Kier alpha value is -0.350. The molecule has 11 heavy (non-hydrogen) atoms. The van der Waals surface area contributed by atoms with Gasteiger partial charge in [0.15, 0.2) is 0 Å². The number of aromatic nitrogens is 2. The minimum atomic E-state index is -0.495. The molecule has 0 amide bonds. The second kappa shape index (κ2) is 3.88. The Balaban J connectivity index is 2.83. The number of aliphatic hydroxyl groups is 1. The van der Waals surface area contributed by atoms with Crippen molar-refractivity contribution in [1.82, 2.24) is 9.55 Å². The lowest BCUT2D eigenvalue weighted by Gasteiger charge is -2.07. The molecule has 3 nitrogen and oxygen atoms in total. The average Bonchev–Trinajstić information content (AvgIpc) is 2.50. The van der Waals surface area contributed by atoms with Crippen LogP contribution in [0.5, 0.6) is 0 Å². The minimum absolute atomic E-state index is 0.495. The van der Waals surface area contributed by atoms with Crippen molar-refractivity contribution in [2.24, 2.45) is 0 Å². The highest BCUT2D eigenvalue weighted by Crippen LogP contribution is 2.12. The van der Waals surface area contributed by atoms with Gasteiger partial charge in [-0.2, -0.15) is 0 Å². The van der Waals surface area contributed by atoms with Gasteiger partial charge < -0.3 is 9.67 Å². The highest BCUT2D eigenvalue weighted by atomic mass is 79.9. The molecule has 1 unspecified atom stereocenters. The molecule has 62 valence electrons. The summed E-state index contributed by atoms with van der Waals surface area (Å²) in [6.45, 7) is 2.87. The quantitative estimate of drug-likeness (QED) is 0.778. The van der Waals surface area contributed by atoms with Gasteiger partial charge in [0.25, 0.3) is 0 Å². The zero-order chi connectivity index (χ0) is 8.27. The van der Waals surface area contributed by atoms with Crippen LogP contribution in [-0.4, -0.2) is 20.0 Å². The van der Waals surface area contributed by atoms with E-state index in [1.54, 1.807) is 6.20 Å². The van der Waals surface area contributed by atoms with Crippen LogP contribution in [0.1, 0.15) is 18.9 Å². The van der Waals surface area contributed by atoms with Crippen LogP contribution in [0.2, 0.25) is 0 Å². The predicted octanol–water partition coefficient (Wildman–Crippen LogP) is 1.33. The molecule has 0 spiro atoms. The Labute approximate surface area is 74.2 Å². The third-order valence-electron chi connectivity index (χ3n) is 1.53. The molecule has 0 aromatic carbocycles. The molecule has 0 saturated heterocycles. The zero-order valence-electron chi connectivity index (χ0n) is 6.37. The number of aliphatic hydroxyl groups excluding tert-OH is 1. The van der Waals surface area contributed by atoms with Crippen LogP contribution in [-0.2, 0) is 6.54 Å². The zero-order valence-corrected chi connectivity index (χ0v) is 7.95. The molecule has 1 atom stereocenters. The lowest BCUT2D eigenvalue weighted by Crippen LogP contribution is -2.08. The van der Waals surface area contributed by atoms with Gasteiger partial charge in [-0.05, 0) is 6.92 Å². The first-order chi connectivity index (χ1) is 5.29. The molecular weight excluding hydrogens is 208 g/mol. The first-order valence-electron chi connectivity index (χ1n) is 3.54. The van der Waals surface area contributed by atoms with E-state index in [-0.39, 0.29) is 0 Å². The minimum Gasteiger partial charge on any atom is -0.384 e. The molecule has 0 aliphatic rings. The van der Waals surface area contributed by atoms with Crippen molar-refractivity contribution in [2.45, 2.75) is 19.6 Å². The van der Waals surface area contributed by atoms with Gasteiger partial charge in [-0.25, -0.2) is 4.98 Å². The third kappa shape index (κ3) is 1.81. The second-order valence-electron chi connectivity index (χ2n) is 2.24. The van der Waals surface area contributed by atoms with Crippen molar-refractivity contribution in [3.63, 3.8) is 0 Å². The Morgan fingerprint density at radius 3 is 3.09 bits per heavy atom. The molecule has 0 saturated carbocycles. The summed E-state index contributed by atoms with van der Waals surface area (Å²) in [6, 6.07) is 0. The Morgan fingerprint density at radius 2 is 2.55 bits per heavy atom. The Bertz CT molecular complexity index is 224. The summed E-state index contributed by atoms with van der Waals surface area (Å²) in [5.41, 5.74) is 0. The van der Waals surface area contributed by atoms with Crippen LogP contribution >= 0.6 is 15.9 Å². The van der Waals surface area contributed by atoms with E-state index in [1.807, 2.05) is 17.7 Å². The second-order valence-corrected chi connectivity index (χ2v) is 2.89. The molecule has 1 N–H and O–H groups in total. The summed E-state index contributed by atoms with van der Waals surface area (Å²) in [5.74, 6) is 0.726. The molecular formula is C7H11BrN2O. The van der Waals surface area contributed by atoms with E-state index >= 15 is 0 Å². The fourth-order valence-electron chi connectivity index (χ4n) is 0.955. The number of hydrogen-bond acceptors (Lipinski definition) is 2. The van der Waals surface area contributed by atoms with E-state index in [4.69, 9.17) is 0 Å². The largest absolute Gasteiger partial charge is 0.384 e. The predicted molar refractivity (Wildman–Crippen MR) is 46.7 cm³/mol. The number of alkyl halides is 1. The lowest BCUT2D eigenvalue weighted by molar-refractivity contribution is 0.190. The molecule has 1 aromatic rings. The van der Waals surface area contributed by atoms with E-state index < -0.39 is 6.10 Å². The number of hydrogen-bond donors (Lipinski definition) is 1. The standard InChI is InChI=1S/C7H11BrN2O/c1-2-10-4-3-9-7(10)6(11)5-8/h3-4,6,11H,2,5H2,1H3. The summed E-state index contributed by atoms with van der Waals surface area (Å²) < 4.78 is 1.92. The number of rotatable bonds is 3. The summed E-state index contributed by atoms with van der Waals surface area (Å²) in [6.07, 6.45) is 3.07. The molecule has 1 rings (SSSR count). The van der Waals surface area contributed by atoms with Crippen molar-refractivity contribution in [1.29, 1.82) is 0 Å². The average molecular weight is 219 g/mol. The van der Waals surface area contributed by atoms with Crippen molar-refractivity contribution in [2.75, 3.05) is 5.33 Å². The molecule has 4 heteroatoms. The van der Waals surface area contributed by atoms with E-state index in [0.717, 1.165) is 12.4 Å². The summed E-state index contributed by atoms with van der Waals surface area (Å²) >= 11 is 3.20. The molecule has 1 aromatic heterocycles. The summed E-state index contributed by atoms with van der Waals surface area (Å²) in [7, 11) is 0. The monoisotopic (exact) mass is 218 g/mol. The topological polar surface area (TPSA) is 38.0 Å². The fourth-order valence-corrected chi connectivity index (χ4v) is 1.24. The van der Waals surface area contributed by atoms with Crippen LogP contribution < -0.4 is 0 Å². The summed E-state index contributed by atoms with van der Waals surface area (Å²) in [4.78, 5) is 4.04. The highest BCUT2D eigenvalue weighted by Gasteiger charge is 2.10. The van der Waals surface area contributed by atoms with Gasteiger partial charge in [0.1, 0.15) is 11.9 Å². The number of imidazole rings is 1. The summed E-state index contributed by atoms with van der Waals surface area (Å²) in [5, 5.41) is 9.93. The van der Waals surface area contributed by atoms with Gasteiger partial charge in [0, 0.05) is 24.3 Å². The van der Waals surface area contributed by atoms with Gasteiger partial charge in [-0.1, -0.05) is 15.9 Å². The van der Waals surface area contributed by atoms with Crippen molar-refractivity contribution in [3.05, 3.63) is 18.2 Å².